The Kier molecular flexibility index (Phi) is 4.66. The molecule has 0 heterocycles. The van der Waals surface area contributed by atoms with Crippen molar-refractivity contribution in [2.24, 2.45) is 5.92 Å². The summed E-state index contributed by atoms with van der Waals surface area (Å²) in [6.45, 7) is 4.28. The highest BCUT2D eigenvalue weighted by atomic mass is 79.9. The second-order valence-electron chi connectivity index (χ2n) is 5.36. The monoisotopic (exact) mass is 313 g/mol. The van der Waals surface area contributed by atoms with E-state index >= 15 is 0 Å². The molecule has 0 amide bonds. The fraction of sp³-hybridized carbons (Fsp3) is 0.600. The average molecular weight is 314 g/mol. The van der Waals surface area contributed by atoms with Crippen molar-refractivity contribution in [3.8, 4) is 0 Å². The molecular formula is C15H21BrFN. The van der Waals surface area contributed by atoms with Crippen LogP contribution in [-0.4, -0.2) is 6.04 Å². The Balaban J connectivity index is 2.07. The van der Waals surface area contributed by atoms with Gasteiger partial charge in [0.2, 0.25) is 0 Å². The van der Waals surface area contributed by atoms with Crippen LogP contribution in [0.3, 0.4) is 0 Å². The number of aryl methyl sites for hydroxylation is 1. The van der Waals surface area contributed by atoms with E-state index in [4.69, 9.17) is 0 Å². The Labute approximate surface area is 117 Å². The lowest BCUT2D eigenvalue weighted by Gasteiger charge is -2.30. The average Bonchev–Trinajstić information content (AvgIpc) is 2.36. The van der Waals surface area contributed by atoms with E-state index in [9.17, 15) is 4.39 Å². The molecule has 1 saturated carbocycles. The summed E-state index contributed by atoms with van der Waals surface area (Å²) < 4.78 is 14.1. The van der Waals surface area contributed by atoms with Crippen molar-refractivity contribution in [3.05, 3.63) is 28.0 Å². The van der Waals surface area contributed by atoms with E-state index in [1.165, 1.54) is 32.1 Å². The van der Waals surface area contributed by atoms with E-state index in [1.54, 1.807) is 6.07 Å². The van der Waals surface area contributed by atoms with Crippen molar-refractivity contribution >= 4 is 21.6 Å². The molecule has 18 heavy (non-hydrogen) atoms. The zero-order chi connectivity index (χ0) is 13.1. The highest BCUT2D eigenvalue weighted by Gasteiger charge is 2.21. The summed E-state index contributed by atoms with van der Waals surface area (Å²) >= 11 is 3.22. The molecule has 100 valence electrons. The number of hydrogen-bond acceptors (Lipinski definition) is 1. The molecule has 1 aliphatic rings. The van der Waals surface area contributed by atoms with Gasteiger partial charge in [0.1, 0.15) is 5.82 Å². The fourth-order valence-electron chi connectivity index (χ4n) is 2.81. The minimum Gasteiger partial charge on any atom is -0.382 e. The zero-order valence-corrected chi connectivity index (χ0v) is 12.7. The van der Waals surface area contributed by atoms with Gasteiger partial charge in [-0.3, -0.25) is 0 Å². The quantitative estimate of drug-likeness (QED) is 0.800. The van der Waals surface area contributed by atoms with E-state index in [2.05, 4.69) is 28.2 Å². The third-order valence-electron chi connectivity index (χ3n) is 3.99. The first kappa shape index (κ1) is 13.9. The molecule has 2 atom stereocenters. The molecule has 0 spiro atoms. The van der Waals surface area contributed by atoms with Crippen LogP contribution in [0.4, 0.5) is 10.1 Å². The standard InChI is InChI=1S/C15H21BrFN/c1-3-11-5-4-6-12(8-11)18-15-9-14(17)13(16)7-10(15)2/h7,9,11-12,18H,3-6,8H2,1-2H3. The van der Waals surface area contributed by atoms with Crippen LogP contribution < -0.4 is 5.32 Å². The number of benzene rings is 1. The molecule has 0 aliphatic heterocycles. The molecule has 0 bridgehead atoms. The van der Waals surface area contributed by atoms with Gasteiger partial charge in [0.05, 0.1) is 4.47 Å². The first-order valence-electron chi connectivity index (χ1n) is 6.82. The van der Waals surface area contributed by atoms with Gasteiger partial charge in [-0.05, 0) is 59.3 Å². The molecule has 0 radical (unpaired) electrons. The van der Waals surface area contributed by atoms with Gasteiger partial charge in [-0.1, -0.05) is 26.2 Å². The molecule has 3 heteroatoms. The lowest BCUT2D eigenvalue weighted by molar-refractivity contribution is 0.327. The van der Waals surface area contributed by atoms with Crippen LogP contribution in [0.2, 0.25) is 0 Å². The van der Waals surface area contributed by atoms with E-state index in [1.807, 2.05) is 13.0 Å². The van der Waals surface area contributed by atoms with Crippen LogP contribution in [0.15, 0.2) is 16.6 Å². The topological polar surface area (TPSA) is 12.0 Å². The first-order chi connectivity index (χ1) is 8.60. The predicted octanol–water partition coefficient (Wildman–Crippen LogP) is 5.28. The second-order valence-corrected chi connectivity index (χ2v) is 6.22. The van der Waals surface area contributed by atoms with Crippen LogP contribution in [0, 0.1) is 18.7 Å². The van der Waals surface area contributed by atoms with Crippen molar-refractivity contribution in [1.29, 1.82) is 0 Å². The van der Waals surface area contributed by atoms with Gasteiger partial charge >= 0.3 is 0 Å². The minimum absolute atomic E-state index is 0.189. The molecule has 0 aromatic heterocycles. The van der Waals surface area contributed by atoms with Gasteiger partial charge in [-0.25, -0.2) is 4.39 Å². The van der Waals surface area contributed by atoms with Gasteiger partial charge in [-0.2, -0.15) is 0 Å². The second kappa shape index (κ2) is 6.05. The lowest BCUT2D eigenvalue weighted by Crippen LogP contribution is -2.27. The number of nitrogens with one attached hydrogen (secondary N) is 1. The molecule has 1 aromatic carbocycles. The number of anilines is 1. The van der Waals surface area contributed by atoms with Crippen molar-refractivity contribution < 1.29 is 4.39 Å². The summed E-state index contributed by atoms with van der Waals surface area (Å²) in [6, 6.07) is 3.95. The summed E-state index contributed by atoms with van der Waals surface area (Å²) in [5.41, 5.74) is 2.04. The summed E-state index contributed by atoms with van der Waals surface area (Å²) in [5, 5.41) is 3.52. The molecule has 2 unspecified atom stereocenters. The molecule has 1 N–H and O–H groups in total. The van der Waals surface area contributed by atoms with Crippen LogP contribution in [-0.2, 0) is 0 Å². The van der Waals surface area contributed by atoms with Crippen LogP contribution in [0.5, 0.6) is 0 Å². The maximum atomic E-state index is 13.6. The van der Waals surface area contributed by atoms with Crippen molar-refractivity contribution in [3.63, 3.8) is 0 Å². The molecule has 0 saturated heterocycles. The van der Waals surface area contributed by atoms with E-state index in [-0.39, 0.29) is 5.82 Å². The first-order valence-corrected chi connectivity index (χ1v) is 7.61. The fourth-order valence-corrected chi connectivity index (χ4v) is 3.27. The van der Waals surface area contributed by atoms with Gasteiger partial charge in [-0.15, -0.1) is 0 Å². The summed E-state index contributed by atoms with van der Waals surface area (Å²) in [7, 11) is 0. The third kappa shape index (κ3) is 3.25. The third-order valence-corrected chi connectivity index (χ3v) is 4.59. The SMILES string of the molecule is CCC1CCCC(Nc2cc(F)c(Br)cc2C)C1. The van der Waals surface area contributed by atoms with Crippen molar-refractivity contribution in [2.45, 2.75) is 52.0 Å². The van der Waals surface area contributed by atoms with Gasteiger partial charge in [0, 0.05) is 11.7 Å². The predicted molar refractivity (Wildman–Crippen MR) is 78.5 cm³/mol. The van der Waals surface area contributed by atoms with Gasteiger partial charge < -0.3 is 5.32 Å². The van der Waals surface area contributed by atoms with Crippen LogP contribution in [0.1, 0.15) is 44.6 Å². The van der Waals surface area contributed by atoms with E-state index in [0.717, 1.165) is 17.2 Å². The van der Waals surface area contributed by atoms with E-state index in [0.29, 0.717) is 10.5 Å². The van der Waals surface area contributed by atoms with Gasteiger partial charge in [0.15, 0.2) is 0 Å². The lowest BCUT2D eigenvalue weighted by atomic mass is 9.84. The van der Waals surface area contributed by atoms with Crippen molar-refractivity contribution in [1.82, 2.24) is 0 Å². The molecular weight excluding hydrogens is 293 g/mol. The van der Waals surface area contributed by atoms with Gasteiger partial charge in [0.25, 0.3) is 0 Å². The normalized spacial score (nSPS) is 24.0. The Hall–Kier alpha value is -0.570. The summed E-state index contributed by atoms with van der Waals surface area (Å²) in [6.07, 6.45) is 6.31. The Morgan fingerprint density at radius 2 is 2.17 bits per heavy atom. The maximum absolute atomic E-state index is 13.6. The largest absolute Gasteiger partial charge is 0.382 e. The molecule has 1 nitrogen and oxygen atoms in total. The van der Waals surface area contributed by atoms with Crippen molar-refractivity contribution in [2.75, 3.05) is 5.32 Å². The highest BCUT2D eigenvalue weighted by molar-refractivity contribution is 9.10. The number of hydrogen-bond donors (Lipinski definition) is 1. The van der Waals surface area contributed by atoms with E-state index < -0.39 is 0 Å². The number of rotatable bonds is 3. The Morgan fingerprint density at radius 3 is 2.89 bits per heavy atom. The molecule has 1 aromatic rings. The Bertz CT molecular complexity index is 419. The summed E-state index contributed by atoms with van der Waals surface area (Å²) in [4.78, 5) is 0. The molecule has 1 aliphatic carbocycles. The van der Waals surface area contributed by atoms with Crippen LogP contribution in [0.25, 0.3) is 0 Å². The maximum Gasteiger partial charge on any atom is 0.139 e. The van der Waals surface area contributed by atoms with Crippen LogP contribution >= 0.6 is 15.9 Å². The number of halogens is 2. The minimum atomic E-state index is -0.189. The zero-order valence-electron chi connectivity index (χ0n) is 11.1. The summed E-state index contributed by atoms with van der Waals surface area (Å²) in [5.74, 6) is 0.641. The smallest absolute Gasteiger partial charge is 0.139 e. The Morgan fingerprint density at radius 1 is 1.39 bits per heavy atom. The molecule has 1 fully saturated rings. The highest BCUT2D eigenvalue weighted by Crippen LogP contribution is 2.30. The molecule has 2 rings (SSSR count).